The number of nitrogens with one attached hydrogen (secondary N) is 2. The maximum atomic E-state index is 13.7. The molecule has 1 atom stereocenters. The summed E-state index contributed by atoms with van der Waals surface area (Å²) >= 11 is 12.5. The molecule has 37 heavy (non-hydrogen) atoms. The molecule has 3 aromatic carbocycles. The second-order valence-electron chi connectivity index (χ2n) is 8.18. The van der Waals surface area contributed by atoms with Crippen LogP contribution >= 0.6 is 23.2 Å². The molecular weight excluding hydrogens is 515 g/mol. The van der Waals surface area contributed by atoms with E-state index >= 15 is 0 Å². The molecular formula is C28H17Cl2F2N5. The van der Waals surface area contributed by atoms with E-state index in [4.69, 9.17) is 23.2 Å². The summed E-state index contributed by atoms with van der Waals surface area (Å²) in [6.07, 6.45) is 4.84. The maximum Gasteiger partial charge on any atom is 0.141 e. The van der Waals surface area contributed by atoms with Gasteiger partial charge in [0.1, 0.15) is 17.7 Å². The zero-order valence-corrected chi connectivity index (χ0v) is 20.5. The fraction of sp³-hybridized carbons (Fsp3) is 0.0357. The van der Waals surface area contributed by atoms with Gasteiger partial charge in [-0.15, -0.1) is 0 Å². The van der Waals surface area contributed by atoms with Gasteiger partial charge in [0.25, 0.3) is 0 Å². The first-order chi connectivity index (χ1) is 17.9. The number of benzene rings is 3. The number of nitriles is 1. The number of pyridine rings is 2. The van der Waals surface area contributed by atoms with Crippen molar-refractivity contribution in [1.29, 1.82) is 5.26 Å². The Labute approximate surface area is 221 Å². The van der Waals surface area contributed by atoms with Crippen molar-refractivity contribution in [3.8, 4) is 6.07 Å². The molecule has 2 aromatic heterocycles. The molecule has 0 aliphatic rings. The highest BCUT2D eigenvalue weighted by Gasteiger charge is 2.19. The third-order valence-corrected chi connectivity index (χ3v) is 6.27. The SMILES string of the molecule is N#Cc1cnc2c(NC(c3ccc(F)cc3)c3cccnc3)cc(Cl)cc2c1Nc1ccc(F)c(Cl)c1. The van der Waals surface area contributed by atoms with Gasteiger partial charge in [-0.2, -0.15) is 5.26 Å². The van der Waals surface area contributed by atoms with Crippen LogP contribution in [0.5, 0.6) is 0 Å². The van der Waals surface area contributed by atoms with Crippen LogP contribution in [0.15, 0.2) is 85.3 Å². The summed E-state index contributed by atoms with van der Waals surface area (Å²) in [6.45, 7) is 0. The van der Waals surface area contributed by atoms with E-state index < -0.39 is 11.9 Å². The minimum Gasteiger partial charge on any atom is -0.372 e. The van der Waals surface area contributed by atoms with Gasteiger partial charge in [0.15, 0.2) is 0 Å². The van der Waals surface area contributed by atoms with E-state index in [0.29, 0.717) is 33.0 Å². The van der Waals surface area contributed by atoms with Crippen molar-refractivity contribution in [3.05, 3.63) is 124 Å². The Kier molecular flexibility index (Phi) is 6.87. The van der Waals surface area contributed by atoms with Crippen LogP contribution in [0.3, 0.4) is 0 Å². The molecule has 5 rings (SSSR count). The Bertz CT molecular complexity index is 1640. The predicted octanol–water partition coefficient (Wildman–Crippen LogP) is 8.03. The molecule has 0 spiro atoms. The Balaban J connectivity index is 1.64. The average molecular weight is 532 g/mol. The number of aromatic nitrogens is 2. The molecule has 0 bridgehead atoms. The summed E-state index contributed by atoms with van der Waals surface area (Å²) in [7, 11) is 0. The van der Waals surface area contributed by atoms with Crippen LogP contribution < -0.4 is 10.6 Å². The van der Waals surface area contributed by atoms with Crippen LogP contribution in [0.25, 0.3) is 10.9 Å². The lowest BCUT2D eigenvalue weighted by Gasteiger charge is -2.22. The van der Waals surface area contributed by atoms with Crippen LogP contribution in [0, 0.1) is 23.0 Å². The highest BCUT2D eigenvalue weighted by atomic mass is 35.5. The lowest BCUT2D eigenvalue weighted by molar-refractivity contribution is 0.626. The van der Waals surface area contributed by atoms with Crippen LogP contribution in [0.2, 0.25) is 10.0 Å². The average Bonchev–Trinajstić information content (AvgIpc) is 2.90. The summed E-state index contributed by atoms with van der Waals surface area (Å²) in [5, 5.41) is 17.3. The molecule has 0 saturated carbocycles. The molecule has 0 aliphatic carbocycles. The number of halogens is 4. The Morgan fingerprint density at radius 3 is 2.43 bits per heavy atom. The number of nitrogens with zero attached hydrogens (tertiary/aromatic N) is 3. The molecule has 0 fully saturated rings. The van der Waals surface area contributed by atoms with Gasteiger partial charge in [0.05, 0.1) is 33.5 Å². The summed E-state index contributed by atoms with van der Waals surface area (Å²) in [6, 6.07) is 19.2. The fourth-order valence-electron chi connectivity index (χ4n) is 4.03. The maximum absolute atomic E-state index is 13.7. The first-order valence-electron chi connectivity index (χ1n) is 11.1. The van der Waals surface area contributed by atoms with E-state index in [1.165, 1.54) is 36.5 Å². The van der Waals surface area contributed by atoms with Crippen LogP contribution in [0.4, 0.5) is 25.8 Å². The van der Waals surface area contributed by atoms with Gasteiger partial charge < -0.3 is 10.6 Å². The monoisotopic (exact) mass is 531 g/mol. The lowest BCUT2D eigenvalue weighted by atomic mass is 9.99. The zero-order chi connectivity index (χ0) is 25.9. The molecule has 182 valence electrons. The number of rotatable bonds is 6. The van der Waals surface area contributed by atoms with Crippen molar-refractivity contribution in [2.45, 2.75) is 6.04 Å². The van der Waals surface area contributed by atoms with Crippen LogP contribution in [0.1, 0.15) is 22.7 Å². The smallest absolute Gasteiger partial charge is 0.141 e. The molecule has 9 heteroatoms. The van der Waals surface area contributed by atoms with E-state index in [9.17, 15) is 14.0 Å². The molecule has 0 radical (unpaired) electrons. The van der Waals surface area contributed by atoms with Crippen molar-refractivity contribution in [1.82, 2.24) is 9.97 Å². The third-order valence-electron chi connectivity index (χ3n) is 5.77. The fourth-order valence-corrected chi connectivity index (χ4v) is 4.43. The van der Waals surface area contributed by atoms with Gasteiger partial charge >= 0.3 is 0 Å². The van der Waals surface area contributed by atoms with E-state index in [1.807, 2.05) is 12.1 Å². The largest absolute Gasteiger partial charge is 0.372 e. The van der Waals surface area contributed by atoms with Gasteiger partial charge in [-0.25, -0.2) is 8.78 Å². The van der Waals surface area contributed by atoms with Crippen molar-refractivity contribution < 1.29 is 8.78 Å². The molecule has 5 nitrogen and oxygen atoms in total. The first-order valence-corrected chi connectivity index (χ1v) is 11.8. The summed E-state index contributed by atoms with van der Waals surface area (Å²) in [5.74, 6) is -0.895. The van der Waals surface area contributed by atoms with E-state index in [0.717, 1.165) is 11.1 Å². The Morgan fingerprint density at radius 1 is 0.919 bits per heavy atom. The standard InChI is InChI=1S/C28H17Cl2F2N5/c29-19-10-22-27(36-21-7-8-24(32)23(30)12-21)18(13-33)15-35-28(22)25(11-19)37-26(17-2-1-9-34-14-17)16-3-5-20(31)6-4-16/h1-12,14-15,26,37H,(H,35,36). The second kappa shape index (κ2) is 10.4. The van der Waals surface area contributed by atoms with Crippen LogP contribution in [-0.4, -0.2) is 9.97 Å². The van der Waals surface area contributed by atoms with Crippen molar-refractivity contribution >= 4 is 51.2 Å². The van der Waals surface area contributed by atoms with Gasteiger partial charge in [-0.05, 0) is 59.7 Å². The topological polar surface area (TPSA) is 73.6 Å². The number of hydrogen-bond acceptors (Lipinski definition) is 5. The second-order valence-corrected chi connectivity index (χ2v) is 9.02. The number of fused-ring (bicyclic) bond motifs is 1. The number of anilines is 3. The quantitative estimate of drug-likeness (QED) is 0.232. The Hall–Kier alpha value is -4.25. The lowest BCUT2D eigenvalue weighted by Crippen LogP contribution is -2.13. The highest BCUT2D eigenvalue weighted by Crippen LogP contribution is 2.37. The Morgan fingerprint density at radius 2 is 1.73 bits per heavy atom. The number of hydrogen-bond donors (Lipinski definition) is 2. The summed E-state index contributed by atoms with van der Waals surface area (Å²) in [4.78, 5) is 8.76. The van der Waals surface area contributed by atoms with Gasteiger partial charge in [0, 0.05) is 34.7 Å². The van der Waals surface area contributed by atoms with Gasteiger partial charge in [0.2, 0.25) is 0 Å². The highest BCUT2D eigenvalue weighted by molar-refractivity contribution is 6.32. The molecule has 0 saturated heterocycles. The molecule has 2 N–H and O–H groups in total. The molecule has 2 heterocycles. The van der Waals surface area contributed by atoms with Crippen molar-refractivity contribution in [2.24, 2.45) is 0 Å². The minimum absolute atomic E-state index is 0.0548. The van der Waals surface area contributed by atoms with Gasteiger partial charge in [-0.3, -0.25) is 9.97 Å². The van der Waals surface area contributed by atoms with Gasteiger partial charge in [-0.1, -0.05) is 41.4 Å². The predicted molar refractivity (Wildman–Crippen MR) is 142 cm³/mol. The normalized spacial score (nSPS) is 11.6. The van der Waals surface area contributed by atoms with E-state index in [2.05, 4.69) is 26.7 Å². The zero-order valence-electron chi connectivity index (χ0n) is 19.0. The molecule has 0 aliphatic heterocycles. The molecule has 1 unspecified atom stereocenters. The van der Waals surface area contributed by atoms with E-state index in [1.54, 1.807) is 36.7 Å². The van der Waals surface area contributed by atoms with Crippen LogP contribution in [-0.2, 0) is 0 Å². The first kappa shape index (κ1) is 24.4. The molecule has 0 amide bonds. The van der Waals surface area contributed by atoms with Crippen molar-refractivity contribution in [2.75, 3.05) is 10.6 Å². The van der Waals surface area contributed by atoms with E-state index in [-0.39, 0.29) is 16.4 Å². The minimum atomic E-state index is -0.552. The molecule has 5 aromatic rings. The summed E-state index contributed by atoms with van der Waals surface area (Å²) in [5.41, 5.74) is 3.97. The van der Waals surface area contributed by atoms with Crippen molar-refractivity contribution in [3.63, 3.8) is 0 Å². The third kappa shape index (κ3) is 5.17. The summed E-state index contributed by atoms with van der Waals surface area (Å²) < 4.78 is 27.4.